The normalized spacial score (nSPS) is 17.7. The number of carbonyl (C=O) groups excluding carboxylic acids is 6. The van der Waals surface area contributed by atoms with Gasteiger partial charge in [0.2, 0.25) is 23.6 Å². The molecule has 0 radical (unpaired) electrons. The fraction of sp³-hybridized carbons (Fsp3) is 0.423. The van der Waals surface area contributed by atoms with Crippen molar-refractivity contribution in [1.82, 2.24) is 20.4 Å². The summed E-state index contributed by atoms with van der Waals surface area (Å²) in [5.41, 5.74) is 10.2. The molecule has 0 saturated carbocycles. The predicted octanol–water partition coefficient (Wildman–Crippen LogP) is 7.52. The Morgan fingerprint density at radius 1 is 0.545 bits per heavy atom. The molecule has 2 aliphatic heterocycles. The van der Waals surface area contributed by atoms with Gasteiger partial charge in [0.05, 0.1) is 14.2 Å². The number of hydrogen-bond donors (Lipinski definition) is 4. The fourth-order valence-electron chi connectivity index (χ4n) is 9.43. The van der Waals surface area contributed by atoms with Crippen molar-refractivity contribution < 1.29 is 38.2 Å². The third kappa shape index (κ3) is 10.9. The van der Waals surface area contributed by atoms with Crippen LogP contribution in [0, 0.1) is 11.8 Å². The quantitative estimate of drug-likeness (QED) is 0.113. The highest BCUT2D eigenvalue weighted by Crippen LogP contribution is 2.34. The van der Waals surface area contributed by atoms with Gasteiger partial charge in [-0.15, -0.1) is 0 Å². The molecule has 0 aromatic heterocycles. The van der Waals surface area contributed by atoms with Gasteiger partial charge in [-0.2, -0.15) is 0 Å². The Kier molecular flexibility index (Phi) is 15.1. The van der Waals surface area contributed by atoms with Crippen molar-refractivity contribution >= 4 is 47.2 Å². The fourth-order valence-corrected chi connectivity index (χ4v) is 9.43. The van der Waals surface area contributed by atoms with E-state index in [-0.39, 0.29) is 35.5 Å². The molecule has 2 unspecified atom stereocenters. The first-order valence-corrected chi connectivity index (χ1v) is 23.1. The van der Waals surface area contributed by atoms with Crippen LogP contribution >= 0.6 is 0 Å². The highest BCUT2D eigenvalue weighted by atomic mass is 16.5. The number of carbonyl (C=O) groups is 6. The van der Waals surface area contributed by atoms with Crippen LogP contribution in [0.25, 0.3) is 22.3 Å². The molecule has 2 heterocycles. The molecule has 4 aromatic rings. The first-order valence-electron chi connectivity index (χ1n) is 23.1. The lowest BCUT2D eigenvalue weighted by molar-refractivity contribution is -0.139. The molecule has 6 amide bonds. The highest BCUT2D eigenvalue weighted by molar-refractivity contribution is 6.00. The van der Waals surface area contributed by atoms with Crippen LogP contribution in [0.3, 0.4) is 0 Å². The van der Waals surface area contributed by atoms with Gasteiger partial charge in [-0.1, -0.05) is 88.4 Å². The van der Waals surface area contributed by atoms with Gasteiger partial charge in [0, 0.05) is 24.5 Å². The van der Waals surface area contributed by atoms with E-state index in [0.717, 1.165) is 47.9 Å². The Morgan fingerprint density at radius 2 is 0.955 bits per heavy atom. The Morgan fingerprint density at radius 3 is 1.33 bits per heavy atom. The first kappa shape index (κ1) is 47.3. The summed E-state index contributed by atoms with van der Waals surface area (Å²) >= 11 is 0. The van der Waals surface area contributed by atoms with E-state index in [1.807, 2.05) is 64.1 Å². The second-order valence-electron chi connectivity index (χ2n) is 18.2. The average molecular weight is 899 g/mol. The molecule has 4 aromatic carbocycles. The number of amides is 6. The largest absolute Gasteiger partial charge is 0.453 e. The van der Waals surface area contributed by atoms with Crippen molar-refractivity contribution in [2.45, 2.75) is 103 Å². The number of likely N-dealkylation sites (tertiary alicyclic amines) is 2. The van der Waals surface area contributed by atoms with E-state index >= 15 is 0 Å². The predicted molar refractivity (Wildman–Crippen MR) is 254 cm³/mol. The number of methoxy groups -OCH3 is 2. The van der Waals surface area contributed by atoms with Crippen LogP contribution in [0.2, 0.25) is 0 Å². The number of alkyl carbamates (subject to hydrolysis) is 2. The van der Waals surface area contributed by atoms with Crippen LogP contribution in [0.1, 0.15) is 75.6 Å². The zero-order valence-electron chi connectivity index (χ0n) is 38.8. The molecular weight excluding hydrogens is 837 g/mol. The molecule has 4 atom stereocenters. The number of hydrogen-bond acceptors (Lipinski definition) is 8. The maximum absolute atomic E-state index is 13.8. The summed E-state index contributed by atoms with van der Waals surface area (Å²) in [7, 11) is 2.51. The average Bonchev–Trinajstić information content (AvgIpc) is 4.02. The maximum atomic E-state index is 13.8. The van der Waals surface area contributed by atoms with Gasteiger partial charge in [-0.05, 0) is 132 Å². The second kappa shape index (κ2) is 21.1. The Bertz CT molecular complexity index is 2300. The highest BCUT2D eigenvalue weighted by Gasteiger charge is 2.40. The Balaban J connectivity index is 1.05. The van der Waals surface area contributed by atoms with E-state index in [1.54, 1.807) is 9.80 Å². The molecule has 348 valence electrons. The summed E-state index contributed by atoms with van der Waals surface area (Å²) in [6, 6.07) is 26.1. The summed E-state index contributed by atoms with van der Waals surface area (Å²) in [5.74, 6) is -1.52. The van der Waals surface area contributed by atoms with Gasteiger partial charge in [-0.25, -0.2) is 9.59 Å². The third-order valence-electron chi connectivity index (χ3n) is 13.1. The van der Waals surface area contributed by atoms with E-state index in [1.165, 1.54) is 36.5 Å². The summed E-state index contributed by atoms with van der Waals surface area (Å²) in [5, 5.41) is 11.5. The van der Waals surface area contributed by atoms with Crippen molar-refractivity contribution in [3.63, 3.8) is 0 Å². The van der Waals surface area contributed by atoms with Crippen LogP contribution in [0.4, 0.5) is 21.0 Å². The number of nitrogens with one attached hydrogen (secondary N) is 4. The zero-order chi connectivity index (χ0) is 47.1. The summed E-state index contributed by atoms with van der Waals surface area (Å²) in [6.45, 7) is 8.24. The minimum absolute atomic E-state index is 0.198. The van der Waals surface area contributed by atoms with E-state index in [2.05, 4.69) is 69.8 Å². The third-order valence-corrected chi connectivity index (χ3v) is 13.1. The van der Waals surface area contributed by atoms with Crippen LogP contribution in [-0.2, 0) is 54.3 Å². The molecule has 2 fully saturated rings. The number of ether oxygens (including phenoxy) is 2. The van der Waals surface area contributed by atoms with Crippen LogP contribution in [0.15, 0.2) is 84.9 Å². The van der Waals surface area contributed by atoms with Crippen LogP contribution in [-0.4, -0.2) is 97.1 Å². The van der Waals surface area contributed by atoms with Gasteiger partial charge in [0.25, 0.3) is 0 Å². The topological polar surface area (TPSA) is 175 Å². The Labute approximate surface area is 387 Å². The van der Waals surface area contributed by atoms with Crippen molar-refractivity contribution in [2.24, 2.45) is 11.8 Å². The van der Waals surface area contributed by atoms with Gasteiger partial charge < -0.3 is 40.5 Å². The number of anilines is 2. The molecule has 4 bridgehead atoms. The molecule has 0 spiro atoms. The minimum atomic E-state index is -0.812. The smallest absolute Gasteiger partial charge is 0.407 e. The van der Waals surface area contributed by atoms with Crippen LogP contribution in [0.5, 0.6) is 0 Å². The molecule has 4 N–H and O–H groups in total. The summed E-state index contributed by atoms with van der Waals surface area (Å²) in [6.07, 6.45) is 4.17. The van der Waals surface area contributed by atoms with E-state index in [4.69, 9.17) is 9.47 Å². The van der Waals surface area contributed by atoms with E-state index in [9.17, 15) is 28.8 Å². The molecular formula is C52H62N6O8. The van der Waals surface area contributed by atoms with Gasteiger partial charge in [-0.3, -0.25) is 19.2 Å². The SMILES string of the molecule is COC(=O)NC(C(=O)N1CCCC1C(=O)Nc1cccc(-c2cc3ccc2CCc2ccc(c(-c4cccc(NC(=O)[C@@H]5CCCN5C(=O)[C@@H](NC(=O)OC)C(C)C)c4)c2)CC3)c1)C(C)C. The molecule has 4 aliphatic carbocycles. The van der Waals surface area contributed by atoms with Crippen molar-refractivity contribution in [3.05, 3.63) is 107 Å². The number of nitrogens with zero attached hydrogens (tertiary/aromatic N) is 2. The number of benzene rings is 4. The second-order valence-corrected chi connectivity index (χ2v) is 18.2. The van der Waals surface area contributed by atoms with Gasteiger partial charge in [0.15, 0.2) is 0 Å². The number of rotatable bonds is 12. The van der Waals surface area contributed by atoms with Crippen LogP contribution < -0.4 is 21.3 Å². The molecule has 66 heavy (non-hydrogen) atoms. The maximum Gasteiger partial charge on any atom is 0.407 e. The van der Waals surface area contributed by atoms with Gasteiger partial charge >= 0.3 is 12.2 Å². The first-order chi connectivity index (χ1) is 31.7. The standard InChI is InChI=1S/C52H62N6O8/c1-31(2)45(55-51(63)65-5)49(61)57-25-9-15-43(57)47(59)53-39-13-7-11-37(29-39)41-27-33-17-21-35(41)23-19-34-18-22-36(24-20-33)42(28-34)38-12-8-14-40(30-38)54-48(60)44-16-10-26-58(44)50(62)46(32(3)4)56-52(64)66-6/h7-8,11-14,17-18,21-22,27-32,43-46H,9-10,15-16,19-20,23-26H2,1-6H3,(H,53,59)(H,54,60)(H,55,63)(H,56,64)/t43-,44?,45-,46?/m0/s1. The minimum Gasteiger partial charge on any atom is -0.453 e. The summed E-state index contributed by atoms with van der Waals surface area (Å²) in [4.78, 5) is 82.0. The van der Waals surface area contributed by atoms with Crippen molar-refractivity contribution in [2.75, 3.05) is 37.9 Å². The lowest BCUT2D eigenvalue weighted by atomic mass is 9.87. The zero-order valence-corrected chi connectivity index (χ0v) is 38.8. The van der Waals surface area contributed by atoms with Gasteiger partial charge in [0.1, 0.15) is 24.2 Å². The molecule has 10 rings (SSSR count). The molecule has 6 aliphatic rings. The lowest BCUT2D eigenvalue weighted by Crippen LogP contribution is -2.54. The molecule has 14 nitrogen and oxygen atoms in total. The van der Waals surface area contributed by atoms with Crippen molar-refractivity contribution in [3.8, 4) is 22.3 Å². The number of aryl methyl sites for hydroxylation is 4. The van der Waals surface area contributed by atoms with E-state index < -0.39 is 36.4 Å². The molecule has 2 saturated heterocycles. The lowest BCUT2D eigenvalue weighted by Gasteiger charge is -2.30. The summed E-state index contributed by atoms with van der Waals surface area (Å²) < 4.78 is 9.50. The molecule has 14 heteroatoms. The van der Waals surface area contributed by atoms with Crippen molar-refractivity contribution in [1.29, 1.82) is 0 Å². The van der Waals surface area contributed by atoms with E-state index in [0.29, 0.717) is 50.1 Å². The Hall–Kier alpha value is -6.70. The monoisotopic (exact) mass is 898 g/mol.